The molecule has 0 amide bonds. The summed E-state index contributed by atoms with van der Waals surface area (Å²) in [5.41, 5.74) is 3.29. The van der Waals surface area contributed by atoms with Crippen LogP contribution in [0.1, 0.15) is 31.2 Å². The molecule has 1 fully saturated rings. The normalized spacial score (nSPS) is 16.8. The summed E-state index contributed by atoms with van der Waals surface area (Å²) in [5, 5.41) is 0.664. The number of hydrogen-bond donors (Lipinski definition) is 0. The monoisotopic (exact) mass is 521 g/mol. The smallest absolute Gasteiger partial charge is 0.283 e. The molecule has 2 aromatic carbocycles. The standard InChI is InChI=1S/C20H17BrIN3O/c21-15-6-3-7-16-18(15)19(26)23-20-24(16)11-12-8-9-13(22)10-17(12)25(20)14-4-1-2-5-14/h3,6-10,14H,1-2,4-5,11H2. The maximum Gasteiger partial charge on any atom is 0.283 e. The summed E-state index contributed by atoms with van der Waals surface area (Å²) < 4.78 is 4.22. The molecular weight excluding hydrogens is 505 g/mol. The van der Waals surface area contributed by atoms with Gasteiger partial charge in [-0.3, -0.25) is 4.79 Å². The van der Waals surface area contributed by atoms with Crippen LogP contribution in [0.2, 0.25) is 0 Å². The molecule has 2 aliphatic rings. The number of hydrogen-bond acceptors (Lipinski definition) is 3. The molecule has 1 aliphatic heterocycles. The van der Waals surface area contributed by atoms with Crippen LogP contribution in [0.4, 0.5) is 11.6 Å². The van der Waals surface area contributed by atoms with Crippen molar-refractivity contribution in [3.05, 3.63) is 60.4 Å². The van der Waals surface area contributed by atoms with Crippen molar-refractivity contribution in [2.75, 3.05) is 4.90 Å². The van der Waals surface area contributed by atoms with Crippen LogP contribution in [-0.4, -0.2) is 15.6 Å². The van der Waals surface area contributed by atoms with Crippen molar-refractivity contribution < 1.29 is 0 Å². The minimum Gasteiger partial charge on any atom is -0.308 e. The lowest BCUT2D eigenvalue weighted by Crippen LogP contribution is -2.37. The van der Waals surface area contributed by atoms with E-state index in [9.17, 15) is 4.79 Å². The first kappa shape index (κ1) is 16.7. The van der Waals surface area contributed by atoms with Crippen molar-refractivity contribution in [2.45, 2.75) is 38.3 Å². The van der Waals surface area contributed by atoms with E-state index >= 15 is 0 Å². The second-order valence-electron chi connectivity index (χ2n) is 7.02. The van der Waals surface area contributed by atoms with E-state index in [4.69, 9.17) is 0 Å². The molecule has 4 nitrogen and oxygen atoms in total. The molecule has 0 N–H and O–H groups in total. The largest absolute Gasteiger partial charge is 0.308 e. The van der Waals surface area contributed by atoms with Crippen LogP contribution in [0.5, 0.6) is 0 Å². The van der Waals surface area contributed by atoms with Gasteiger partial charge >= 0.3 is 0 Å². The zero-order chi connectivity index (χ0) is 17.8. The number of aromatic nitrogens is 2. The van der Waals surface area contributed by atoms with Crippen molar-refractivity contribution in [2.24, 2.45) is 0 Å². The summed E-state index contributed by atoms with van der Waals surface area (Å²) >= 11 is 5.89. The van der Waals surface area contributed by atoms with Gasteiger partial charge in [-0.25, -0.2) is 0 Å². The second kappa shape index (κ2) is 6.34. The van der Waals surface area contributed by atoms with Gasteiger partial charge in [-0.1, -0.05) is 25.0 Å². The molecule has 1 aromatic heterocycles. The van der Waals surface area contributed by atoms with E-state index in [0.717, 1.165) is 35.3 Å². The summed E-state index contributed by atoms with van der Waals surface area (Å²) in [4.78, 5) is 19.7. The molecular formula is C20H17BrIN3O. The quantitative estimate of drug-likeness (QED) is 0.413. The van der Waals surface area contributed by atoms with Gasteiger partial charge in [-0.05, 0) is 81.2 Å². The Labute approximate surface area is 173 Å². The maximum atomic E-state index is 12.8. The highest BCUT2D eigenvalue weighted by atomic mass is 127. The fraction of sp³-hybridized carbons (Fsp3) is 0.300. The van der Waals surface area contributed by atoms with E-state index in [1.807, 2.05) is 18.2 Å². The van der Waals surface area contributed by atoms with Crippen molar-refractivity contribution in [1.29, 1.82) is 0 Å². The molecule has 132 valence electrons. The van der Waals surface area contributed by atoms with E-state index in [1.54, 1.807) is 0 Å². The fourth-order valence-corrected chi connectivity index (χ4v) is 5.30. The first-order chi connectivity index (χ1) is 12.6. The lowest BCUT2D eigenvalue weighted by atomic mass is 10.1. The average Bonchev–Trinajstić information content (AvgIpc) is 3.14. The average molecular weight is 522 g/mol. The molecule has 3 aromatic rings. The topological polar surface area (TPSA) is 38.1 Å². The molecule has 0 radical (unpaired) electrons. The molecule has 6 heteroatoms. The van der Waals surface area contributed by atoms with E-state index < -0.39 is 0 Å². The number of benzene rings is 2. The number of fused-ring (bicyclic) bond motifs is 4. The van der Waals surface area contributed by atoms with Gasteiger partial charge in [-0.2, -0.15) is 4.98 Å². The van der Waals surface area contributed by atoms with E-state index in [1.165, 1.54) is 27.7 Å². The van der Waals surface area contributed by atoms with Gasteiger partial charge in [0, 0.05) is 14.1 Å². The van der Waals surface area contributed by atoms with Gasteiger partial charge < -0.3 is 9.47 Å². The van der Waals surface area contributed by atoms with Crippen molar-refractivity contribution in [3.63, 3.8) is 0 Å². The molecule has 0 saturated heterocycles. The van der Waals surface area contributed by atoms with Crippen LogP contribution >= 0.6 is 38.5 Å². The SMILES string of the molecule is O=c1nc2n(c3cccc(Br)c13)Cc1ccc(I)cc1N2C1CCCC1. The Kier molecular flexibility index (Phi) is 4.08. The third kappa shape index (κ3) is 2.52. The highest BCUT2D eigenvalue weighted by Gasteiger charge is 2.33. The summed E-state index contributed by atoms with van der Waals surface area (Å²) in [6.45, 7) is 0.741. The number of anilines is 2. The Morgan fingerprint density at radius 3 is 2.77 bits per heavy atom. The Hall–Kier alpha value is -1.41. The highest BCUT2D eigenvalue weighted by molar-refractivity contribution is 14.1. The van der Waals surface area contributed by atoms with Gasteiger partial charge in [0.05, 0.1) is 23.1 Å². The molecule has 26 heavy (non-hydrogen) atoms. The van der Waals surface area contributed by atoms with Crippen LogP contribution in [0.3, 0.4) is 0 Å². The lowest BCUT2D eigenvalue weighted by Gasteiger charge is -2.37. The van der Waals surface area contributed by atoms with Crippen LogP contribution in [0.15, 0.2) is 45.7 Å². The zero-order valence-corrected chi connectivity index (χ0v) is 17.8. The van der Waals surface area contributed by atoms with Crippen molar-refractivity contribution >= 4 is 61.1 Å². The Balaban J connectivity index is 1.83. The van der Waals surface area contributed by atoms with Crippen LogP contribution in [-0.2, 0) is 6.54 Å². The third-order valence-corrected chi connectivity index (χ3v) is 6.81. The highest BCUT2D eigenvalue weighted by Crippen LogP contribution is 2.41. The summed E-state index contributed by atoms with van der Waals surface area (Å²) in [6, 6.07) is 12.9. The van der Waals surface area contributed by atoms with E-state index in [0.29, 0.717) is 11.4 Å². The summed E-state index contributed by atoms with van der Waals surface area (Å²) in [5.74, 6) is 0.794. The molecule has 0 spiro atoms. The minimum absolute atomic E-state index is 0.157. The maximum absolute atomic E-state index is 12.8. The van der Waals surface area contributed by atoms with Gasteiger partial charge in [0.2, 0.25) is 5.95 Å². The van der Waals surface area contributed by atoms with Gasteiger partial charge in [0.1, 0.15) is 0 Å². The molecule has 1 aliphatic carbocycles. The van der Waals surface area contributed by atoms with Gasteiger partial charge in [-0.15, -0.1) is 0 Å². The Bertz CT molecular complexity index is 1090. The number of rotatable bonds is 1. The first-order valence-corrected chi connectivity index (χ1v) is 10.8. The van der Waals surface area contributed by atoms with Crippen LogP contribution in [0, 0.1) is 3.57 Å². The van der Waals surface area contributed by atoms with Crippen molar-refractivity contribution in [3.8, 4) is 0 Å². The van der Waals surface area contributed by atoms with E-state index in [-0.39, 0.29) is 5.56 Å². The fourth-order valence-electron chi connectivity index (χ4n) is 4.30. The lowest BCUT2D eigenvalue weighted by molar-refractivity contribution is 0.619. The van der Waals surface area contributed by atoms with E-state index in [2.05, 4.69) is 71.2 Å². The van der Waals surface area contributed by atoms with Gasteiger partial charge in [0.25, 0.3) is 5.56 Å². The summed E-state index contributed by atoms with van der Waals surface area (Å²) in [6.07, 6.45) is 4.78. The van der Waals surface area contributed by atoms with Crippen molar-refractivity contribution in [1.82, 2.24) is 9.55 Å². The molecule has 0 unspecified atom stereocenters. The number of nitrogens with zero attached hydrogens (tertiary/aromatic N) is 3. The molecule has 1 saturated carbocycles. The molecule has 5 rings (SSSR count). The first-order valence-electron chi connectivity index (χ1n) is 8.90. The minimum atomic E-state index is -0.157. The van der Waals surface area contributed by atoms with Crippen LogP contribution in [0.25, 0.3) is 10.9 Å². The zero-order valence-electron chi connectivity index (χ0n) is 14.1. The molecule has 0 atom stereocenters. The Morgan fingerprint density at radius 1 is 1.15 bits per heavy atom. The summed E-state index contributed by atoms with van der Waals surface area (Å²) in [7, 11) is 0. The second-order valence-corrected chi connectivity index (χ2v) is 9.12. The van der Waals surface area contributed by atoms with Crippen LogP contribution < -0.4 is 10.5 Å². The Morgan fingerprint density at radius 2 is 1.96 bits per heavy atom. The predicted octanol–water partition coefficient (Wildman–Crippen LogP) is 5.21. The molecule has 0 bridgehead atoms. The number of halogens is 2. The predicted molar refractivity (Wildman–Crippen MR) is 116 cm³/mol. The third-order valence-electron chi connectivity index (χ3n) is 5.48. The molecule has 2 heterocycles. The van der Waals surface area contributed by atoms with Gasteiger partial charge in [0.15, 0.2) is 0 Å².